The Morgan fingerprint density at radius 1 is 0.609 bits per heavy atom. The third kappa shape index (κ3) is 2.02. The molecule has 4 aromatic carbocycles. The third-order valence-corrected chi connectivity index (χ3v) is 9.82. The topological polar surface area (TPSA) is 20.2 Å². The molecule has 23 heavy (non-hydrogen) atoms. The van der Waals surface area contributed by atoms with Crippen LogP contribution in [0.2, 0.25) is 0 Å². The van der Waals surface area contributed by atoms with Gasteiger partial charge >= 0.3 is 146 Å². The number of hydrogen-bond acceptors (Lipinski definition) is 1. The van der Waals surface area contributed by atoms with Crippen LogP contribution < -0.4 is 17.8 Å². The molecule has 1 radical (unpaired) electrons. The first-order valence-corrected chi connectivity index (χ1v) is 11.7. The maximum absolute atomic E-state index is 11.3. The first-order valence-electron chi connectivity index (χ1n) is 7.48. The molecule has 1 aliphatic rings. The molecule has 0 aliphatic carbocycles. The van der Waals surface area contributed by atoms with Crippen LogP contribution >= 0.6 is 0 Å². The zero-order valence-corrected chi connectivity index (χ0v) is 15.6. The fraction of sp³-hybridized carbons (Fsp3) is 0. The van der Waals surface area contributed by atoms with Gasteiger partial charge in [-0.1, -0.05) is 0 Å². The molecular weight excluding hydrogens is 414 g/mol. The molecule has 0 saturated heterocycles. The molecule has 0 atom stereocenters. The summed E-state index contributed by atoms with van der Waals surface area (Å²) in [5.74, 6) is 0. The van der Waals surface area contributed by atoms with Crippen molar-refractivity contribution in [1.29, 1.82) is 0 Å². The monoisotopic (exact) mass is 429 g/mol. The number of rotatable bonds is 0. The van der Waals surface area contributed by atoms with E-state index in [1.807, 2.05) is 0 Å². The van der Waals surface area contributed by atoms with Crippen molar-refractivity contribution in [3.05, 3.63) is 72.8 Å². The van der Waals surface area contributed by atoms with Crippen LogP contribution in [0.25, 0.3) is 21.5 Å². The van der Waals surface area contributed by atoms with Gasteiger partial charge in [-0.3, -0.25) is 0 Å². The Morgan fingerprint density at radius 2 is 1.04 bits per heavy atom. The predicted molar refractivity (Wildman–Crippen MR) is 100 cm³/mol. The average molecular weight is 427 g/mol. The Hall–Kier alpha value is -1.60. The minimum atomic E-state index is -2.04. The van der Waals surface area contributed by atoms with Crippen LogP contribution in [0, 0.1) is 0 Å². The van der Waals surface area contributed by atoms with Gasteiger partial charge in [0.15, 0.2) is 0 Å². The van der Waals surface area contributed by atoms with Crippen LogP contribution in [0.5, 0.6) is 0 Å². The average Bonchev–Trinajstić information content (AvgIpc) is 2.60. The van der Waals surface area contributed by atoms with Gasteiger partial charge in [-0.2, -0.15) is 0 Å². The van der Waals surface area contributed by atoms with Gasteiger partial charge in [0.05, 0.1) is 0 Å². The molecule has 0 bridgehead atoms. The quantitative estimate of drug-likeness (QED) is 0.417. The normalized spacial score (nSPS) is 14.0. The second kappa shape index (κ2) is 5.21. The van der Waals surface area contributed by atoms with Gasteiger partial charge in [-0.05, 0) is 0 Å². The third-order valence-electron chi connectivity index (χ3n) is 4.29. The molecule has 1 aliphatic heterocycles. The maximum atomic E-state index is 11.3. The Labute approximate surface area is 145 Å². The van der Waals surface area contributed by atoms with E-state index in [1.165, 1.54) is 30.5 Å². The fourth-order valence-electron chi connectivity index (χ4n) is 3.28. The van der Waals surface area contributed by atoms with Crippen LogP contribution in [0.4, 0.5) is 0 Å². The van der Waals surface area contributed by atoms with Crippen LogP contribution in [0.15, 0.2) is 72.8 Å². The molecule has 1 nitrogen and oxygen atoms in total. The van der Waals surface area contributed by atoms with E-state index in [2.05, 4.69) is 72.8 Å². The zero-order valence-electron chi connectivity index (χ0n) is 12.2. The molecule has 0 fully saturated rings. The Morgan fingerprint density at radius 3 is 1.52 bits per heavy atom. The Bertz CT molecular complexity index is 976. The molecule has 3 heteroatoms. The van der Waals surface area contributed by atoms with Crippen molar-refractivity contribution in [3.8, 4) is 0 Å². The number of benzene rings is 4. The molecule has 0 spiro atoms. The first kappa shape index (κ1) is 13.8. The van der Waals surface area contributed by atoms with E-state index in [9.17, 15) is 4.19 Å². The van der Waals surface area contributed by atoms with E-state index in [0.29, 0.717) is 0 Å². The van der Waals surface area contributed by atoms with E-state index < -0.39 is 14.2 Å². The summed E-state index contributed by atoms with van der Waals surface area (Å²) in [5, 5.41) is 5.07. The van der Waals surface area contributed by atoms with Crippen LogP contribution in [0.3, 0.4) is 0 Å². The fourth-order valence-corrected chi connectivity index (χ4v) is 9.56. The molecule has 4 aromatic rings. The molecule has 111 valence electrons. The molecule has 0 unspecified atom stereocenters. The second-order valence-electron chi connectivity index (χ2n) is 5.61. The van der Waals surface area contributed by atoms with Gasteiger partial charge in [0.25, 0.3) is 0 Å². The van der Waals surface area contributed by atoms with E-state index in [1.54, 1.807) is 0 Å². The Balaban J connectivity index is 1.96. The van der Waals surface area contributed by atoms with E-state index in [-0.39, 0.29) is 15.0 Å². The van der Waals surface area contributed by atoms with Crippen LogP contribution in [-0.2, 0) is 0 Å². The standard InChI is InChI=1S/C20H13OSe2/c21-23-17-11-3-7-13-5-1-9-15(19(13)17)22-16-10-2-6-14-8-4-12-18(23)20(14)16/h1-12,21H. The van der Waals surface area contributed by atoms with Gasteiger partial charge < -0.3 is 0 Å². The van der Waals surface area contributed by atoms with Gasteiger partial charge in [-0.25, -0.2) is 0 Å². The molecule has 0 aromatic heterocycles. The van der Waals surface area contributed by atoms with Crippen molar-refractivity contribution in [3.63, 3.8) is 0 Å². The van der Waals surface area contributed by atoms with Crippen molar-refractivity contribution in [1.82, 2.24) is 0 Å². The molecule has 5 rings (SSSR count). The molecule has 1 heterocycles. The molecular formula is C20H13OSe2. The molecule has 0 amide bonds. The SMILES string of the molecule is O[Se]1c2cccc3cccc(c23)[Se]c2cccc3cccc1c23. The first-order chi connectivity index (χ1) is 11.3. The van der Waals surface area contributed by atoms with E-state index in [0.717, 1.165) is 8.92 Å². The van der Waals surface area contributed by atoms with Crippen molar-refractivity contribution in [2.24, 2.45) is 0 Å². The summed E-state index contributed by atoms with van der Waals surface area (Å²) in [4.78, 5) is 0. The molecule has 1 N–H and O–H groups in total. The summed E-state index contributed by atoms with van der Waals surface area (Å²) in [6, 6.07) is 25.8. The molecule has 0 saturated carbocycles. The summed E-state index contributed by atoms with van der Waals surface area (Å²) in [7, 11) is 0. The van der Waals surface area contributed by atoms with Gasteiger partial charge in [0.2, 0.25) is 0 Å². The van der Waals surface area contributed by atoms with Crippen LogP contribution in [0.1, 0.15) is 0 Å². The number of hydrogen-bond donors (Lipinski definition) is 1. The summed E-state index contributed by atoms with van der Waals surface area (Å²) in [6.07, 6.45) is 0. The summed E-state index contributed by atoms with van der Waals surface area (Å²) in [6.45, 7) is 0. The predicted octanol–water partition coefficient (Wildman–Crippen LogP) is 1.06. The summed E-state index contributed by atoms with van der Waals surface area (Å²) >= 11 is -1.79. The second-order valence-corrected chi connectivity index (χ2v) is 10.9. The van der Waals surface area contributed by atoms with E-state index >= 15 is 0 Å². The van der Waals surface area contributed by atoms with Gasteiger partial charge in [0.1, 0.15) is 0 Å². The van der Waals surface area contributed by atoms with Gasteiger partial charge in [0, 0.05) is 0 Å². The van der Waals surface area contributed by atoms with Crippen molar-refractivity contribution in [2.75, 3.05) is 0 Å². The van der Waals surface area contributed by atoms with Crippen molar-refractivity contribution >= 4 is 68.6 Å². The van der Waals surface area contributed by atoms with Crippen LogP contribution in [-0.4, -0.2) is 33.4 Å². The summed E-state index contributed by atoms with van der Waals surface area (Å²) < 4.78 is 16.3. The van der Waals surface area contributed by atoms with Gasteiger partial charge in [-0.15, -0.1) is 0 Å². The minimum absolute atomic E-state index is 0.248. The van der Waals surface area contributed by atoms with Crippen molar-refractivity contribution < 1.29 is 4.19 Å². The Kier molecular flexibility index (Phi) is 3.12. The van der Waals surface area contributed by atoms with E-state index in [4.69, 9.17) is 0 Å². The zero-order chi connectivity index (χ0) is 15.4. The summed E-state index contributed by atoms with van der Waals surface area (Å²) in [5.41, 5.74) is 0. The van der Waals surface area contributed by atoms with Crippen molar-refractivity contribution in [2.45, 2.75) is 0 Å².